The average molecular weight is 538 g/mol. The summed E-state index contributed by atoms with van der Waals surface area (Å²) in [4.78, 5) is 4.58. The number of nitrogens with zero attached hydrogens (tertiary/aromatic N) is 2. The van der Waals surface area contributed by atoms with Gasteiger partial charge in [-0.3, -0.25) is 4.98 Å². The molecule has 3 nitrogen and oxygen atoms in total. The molecule has 5 atom stereocenters. The van der Waals surface area contributed by atoms with Crippen LogP contribution in [-0.2, 0) is 6.54 Å². The van der Waals surface area contributed by atoms with Gasteiger partial charge in [0.1, 0.15) is 18.7 Å². The van der Waals surface area contributed by atoms with E-state index in [9.17, 15) is 5.11 Å². The SMILES string of the molecule is C=C[C@H]1C[N@+]2(Cc3cc(-c4ccccc4)cc(-c4ccccc4)c3)CC[C@H]1C[C@@H]2[C@@H](O)c1ccnc2ccccc12. The number of fused-ring (bicyclic) bond motifs is 4. The number of aromatic nitrogens is 1. The molecule has 8 rings (SSSR count). The van der Waals surface area contributed by atoms with E-state index >= 15 is 0 Å². The van der Waals surface area contributed by atoms with Gasteiger partial charge in [0.25, 0.3) is 0 Å². The lowest BCUT2D eigenvalue weighted by Crippen LogP contribution is -2.67. The smallest absolute Gasteiger partial charge is 0.131 e. The number of aliphatic hydroxyl groups excluding tert-OH is 1. The summed E-state index contributed by atoms with van der Waals surface area (Å²) in [6.45, 7) is 7.23. The minimum atomic E-state index is -0.553. The van der Waals surface area contributed by atoms with Gasteiger partial charge in [0.05, 0.1) is 18.6 Å². The summed E-state index contributed by atoms with van der Waals surface area (Å²) >= 11 is 0. The fourth-order valence-electron chi connectivity index (χ4n) is 7.71. The van der Waals surface area contributed by atoms with Gasteiger partial charge < -0.3 is 9.59 Å². The van der Waals surface area contributed by atoms with Crippen LogP contribution in [0.5, 0.6) is 0 Å². The highest BCUT2D eigenvalue weighted by molar-refractivity contribution is 5.82. The predicted molar refractivity (Wildman–Crippen MR) is 168 cm³/mol. The highest BCUT2D eigenvalue weighted by Crippen LogP contribution is 2.48. The minimum absolute atomic E-state index is 0.122. The molecule has 204 valence electrons. The van der Waals surface area contributed by atoms with Crippen molar-refractivity contribution in [1.29, 1.82) is 0 Å². The first-order valence-corrected chi connectivity index (χ1v) is 14.9. The maximum Gasteiger partial charge on any atom is 0.131 e. The third-order valence-corrected chi connectivity index (χ3v) is 9.75. The Bertz CT molecular complexity index is 1620. The number of pyridine rings is 1. The molecule has 3 fully saturated rings. The maximum atomic E-state index is 12.2. The summed E-state index contributed by atoms with van der Waals surface area (Å²) in [5, 5.41) is 13.2. The Morgan fingerprint density at radius 2 is 1.49 bits per heavy atom. The lowest BCUT2D eigenvalue weighted by Gasteiger charge is -2.58. The number of hydrogen-bond acceptors (Lipinski definition) is 2. The summed E-state index contributed by atoms with van der Waals surface area (Å²) in [5.74, 6) is 1.06. The van der Waals surface area contributed by atoms with Crippen molar-refractivity contribution in [2.24, 2.45) is 11.8 Å². The van der Waals surface area contributed by atoms with Crippen LogP contribution in [0.2, 0.25) is 0 Å². The summed E-state index contributed by atoms with van der Waals surface area (Å²) in [6, 6.07) is 38.8. The van der Waals surface area contributed by atoms with Crippen molar-refractivity contribution in [2.45, 2.75) is 31.5 Å². The molecule has 1 N–H and O–H groups in total. The first-order valence-electron chi connectivity index (χ1n) is 14.9. The Labute approximate surface area is 243 Å². The lowest BCUT2D eigenvalue weighted by molar-refractivity contribution is -0.984. The van der Waals surface area contributed by atoms with Crippen LogP contribution in [0.4, 0.5) is 0 Å². The number of quaternary nitrogens is 1. The average Bonchev–Trinajstić information content (AvgIpc) is 3.04. The highest BCUT2D eigenvalue weighted by atomic mass is 16.3. The van der Waals surface area contributed by atoms with E-state index in [2.05, 4.69) is 103 Å². The molecule has 0 radical (unpaired) electrons. The van der Waals surface area contributed by atoms with Crippen LogP contribution in [0.25, 0.3) is 33.2 Å². The molecule has 4 aromatic carbocycles. The van der Waals surface area contributed by atoms with Gasteiger partial charge in [-0.1, -0.05) is 84.9 Å². The van der Waals surface area contributed by atoms with Gasteiger partial charge in [0.15, 0.2) is 0 Å². The van der Waals surface area contributed by atoms with Gasteiger partial charge in [0, 0.05) is 35.9 Å². The second-order valence-electron chi connectivity index (χ2n) is 12.0. The Morgan fingerprint density at radius 1 is 0.829 bits per heavy atom. The van der Waals surface area contributed by atoms with E-state index in [0.29, 0.717) is 11.8 Å². The van der Waals surface area contributed by atoms with Crippen molar-refractivity contribution in [3.8, 4) is 22.3 Å². The van der Waals surface area contributed by atoms with Crippen LogP contribution in [0.15, 0.2) is 128 Å². The number of rotatable bonds is 7. The summed E-state index contributed by atoms with van der Waals surface area (Å²) in [5.41, 5.74) is 8.21. The first kappa shape index (κ1) is 25.9. The summed E-state index contributed by atoms with van der Waals surface area (Å²) in [7, 11) is 0. The second kappa shape index (κ2) is 10.7. The van der Waals surface area contributed by atoms with Crippen LogP contribution in [0.1, 0.15) is 30.1 Å². The quantitative estimate of drug-likeness (QED) is 0.168. The zero-order valence-corrected chi connectivity index (χ0v) is 23.4. The monoisotopic (exact) mass is 537 g/mol. The van der Waals surface area contributed by atoms with Crippen molar-refractivity contribution in [3.05, 3.63) is 139 Å². The number of piperidine rings is 3. The minimum Gasteiger partial charge on any atom is -0.382 e. The summed E-state index contributed by atoms with van der Waals surface area (Å²) < 4.78 is 0.886. The highest BCUT2D eigenvalue weighted by Gasteiger charge is 2.54. The van der Waals surface area contributed by atoms with Crippen molar-refractivity contribution in [1.82, 2.24) is 4.98 Å². The molecule has 1 aromatic heterocycles. The molecule has 5 aromatic rings. The Morgan fingerprint density at radius 3 is 2.17 bits per heavy atom. The molecule has 3 aliphatic heterocycles. The molecule has 0 unspecified atom stereocenters. The molecule has 2 bridgehead atoms. The van der Waals surface area contributed by atoms with E-state index < -0.39 is 6.10 Å². The van der Waals surface area contributed by atoms with Gasteiger partial charge in [-0.25, -0.2) is 0 Å². The molecule has 0 spiro atoms. The van der Waals surface area contributed by atoms with Gasteiger partial charge in [0.2, 0.25) is 0 Å². The van der Waals surface area contributed by atoms with E-state index in [4.69, 9.17) is 0 Å². The molecule has 3 saturated heterocycles. The molecule has 0 aliphatic carbocycles. The van der Waals surface area contributed by atoms with Crippen LogP contribution >= 0.6 is 0 Å². The Kier molecular flexibility index (Phi) is 6.78. The molecular weight excluding hydrogens is 500 g/mol. The third kappa shape index (κ3) is 4.80. The largest absolute Gasteiger partial charge is 0.382 e. The zero-order chi connectivity index (χ0) is 27.8. The van der Waals surface area contributed by atoms with E-state index in [-0.39, 0.29) is 6.04 Å². The van der Waals surface area contributed by atoms with Crippen LogP contribution in [-0.4, -0.2) is 33.7 Å². The summed E-state index contributed by atoms with van der Waals surface area (Å²) in [6.07, 6.45) is 5.67. The van der Waals surface area contributed by atoms with Crippen molar-refractivity contribution < 1.29 is 9.59 Å². The predicted octanol–water partition coefficient (Wildman–Crippen LogP) is 8.21. The molecular formula is C38H37N2O+. The van der Waals surface area contributed by atoms with E-state index in [0.717, 1.165) is 47.0 Å². The maximum absolute atomic E-state index is 12.2. The van der Waals surface area contributed by atoms with Crippen LogP contribution in [0.3, 0.4) is 0 Å². The number of benzene rings is 4. The van der Waals surface area contributed by atoms with Crippen molar-refractivity contribution in [3.63, 3.8) is 0 Å². The van der Waals surface area contributed by atoms with E-state index in [1.807, 2.05) is 30.5 Å². The normalized spacial score (nSPS) is 24.3. The third-order valence-electron chi connectivity index (χ3n) is 9.75. The Balaban J connectivity index is 1.32. The standard InChI is InChI=1S/C38H37N2O/c1-2-28-26-40(20-18-31(28)24-37(40)38(41)35-17-19-39-36-16-10-9-15-34(35)36)25-27-21-32(29-11-5-3-6-12-29)23-33(22-27)30-13-7-4-8-14-30/h2-17,19,21-23,28,31,37-38,41H,1,18,20,24-26H2/q+1/t28-,31-,37+,38-,40+/m0/s1. The number of para-hydroxylation sites is 1. The van der Waals surface area contributed by atoms with Gasteiger partial charge in [-0.05, 0) is 64.1 Å². The van der Waals surface area contributed by atoms with Crippen molar-refractivity contribution >= 4 is 10.9 Å². The molecule has 41 heavy (non-hydrogen) atoms. The molecule has 3 aliphatic rings. The van der Waals surface area contributed by atoms with Gasteiger partial charge in [-0.15, -0.1) is 6.58 Å². The first-order chi connectivity index (χ1) is 20.1. The van der Waals surface area contributed by atoms with Gasteiger partial charge >= 0.3 is 0 Å². The Hall–Kier alpha value is -4.05. The molecule has 4 heterocycles. The zero-order valence-electron chi connectivity index (χ0n) is 23.4. The topological polar surface area (TPSA) is 33.1 Å². The van der Waals surface area contributed by atoms with Gasteiger partial charge in [-0.2, -0.15) is 0 Å². The van der Waals surface area contributed by atoms with Crippen LogP contribution in [0, 0.1) is 11.8 Å². The van der Waals surface area contributed by atoms with Crippen LogP contribution < -0.4 is 0 Å². The molecule has 0 saturated carbocycles. The van der Waals surface area contributed by atoms with E-state index in [1.54, 1.807) is 0 Å². The number of aliphatic hydroxyl groups is 1. The second-order valence-corrected chi connectivity index (χ2v) is 12.0. The molecule has 0 amide bonds. The fourth-order valence-corrected chi connectivity index (χ4v) is 7.71. The van der Waals surface area contributed by atoms with Crippen molar-refractivity contribution in [2.75, 3.05) is 13.1 Å². The van der Waals surface area contributed by atoms with E-state index in [1.165, 1.54) is 34.2 Å². The fraction of sp³-hybridized carbons (Fsp3) is 0.237. The lowest BCUT2D eigenvalue weighted by atomic mass is 9.71. The number of hydrogen-bond donors (Lipinski definition) is 1. The molecule has 3 heteroatoms.